The van der Waals surface area contributed by atoms with Gasteiger partial charge in [-0.05, 0) is 87.3 Å². The number of rotatable bonds is 23. The summed E-state index contributed by atoms with van der Waals surface area (Å²) >= 11 is 0. The highest BCUT2D eigenvalue weighted by Gasteiger charge is 2.36. The fraction of sp³-hybridized carbons (Fsp3) is 0.439. The molecule has 6 aromatic rings. The third kappa shape index (κ3) is 13.3. The van der Waals surface area contributed by atoms with E-state index in [0.29, 0.717) is 44.0 Å². The molecule has 4 heterocycles. The van der Waals surface area contributed by atoms with E-state index in [2.05, 4.69) is 101 Å². The zero-order chi connectivity index (χ0) is 47.8. The lowest BCUT2D eigenvalue weighted by molar-refractivity contribution is 0.183. The molecule has 4 aromatic carbocycles. The molecule has 0 saturated carbocycles. The summed E-state index contributed by atoms with van der Waals surface area (Å²) in [7, 11) is 0. The topological polar surface area (TPSA) is 101 Å². The van der Waals surface area contributed by atoms with E-state index in [4.69, 9.17) is 38.9 Å². The maximum atomic E-state index is 6.17. The van der Waals surface area contributed by atoms with Gasteiger partial charge in [-0.15, -0.1) is 0 Å². The average Bonchev–Trinajstić information content (AvgIpc) is 3.39. The van der Waals surface area contributed by atoms with Gasteiger partial charge in [-0.3, -0.25) is 19.8 Å². The molecule has 8 rings (SSSR count). The van der Waals surface area contributed by atoms with E-state index in [1.807, 2.05) is 75.0 Å². The molecule has 0 bridgehead atoms. The van der Waals surface area contributed by atoms with Gasteiger partial charge in [-0.25, -0.2) is 19.9 Å². The van der Waals surface area contributed by atoms with Crippen LogP contribution in [0.4, 0.5) is 11.4 Å². The molecule has 2 aliphatic heterocycles. The molecule has 0 aliphatic carbocycles. The molecule has 2 saturated heterocycles. The van der Waals surface area contributed by atoms with Crippen LogP contribution in [0.2, 0.25) is 0 Å². The lowest BCUT2D eigenvalue weighted by Gasteiger charge is -2.50. The molecule has 0 radical (unpaired) electrons. The number of aromatic nitrogens is 4. The third-order valence-corrected chi connectivity index (χ3v) is 12.9. The van der Waals surface area contributed by atoms with E-state index in [9.17, 15) is 0 Å². The Morgan fingerprint density at radius 3 is 1.36 bits per heavy atom. The first-order valence-corrected chi connectivity index (χ1v) is 25.4. The molecule has 2 aromatic heterocycles. The van der Waals surface area contributed by atoms with E-state index in [-0.39, 0.29) is 12.1 Å². The van der Waals surface area contributed by atoms with Crippen LogP contribution in [0.3, 0.4) is 0 Å². The van der Waals surface area contributed by atoms with Gasteiger partial charge in [0.1, 0.15) is 0 Å². The van der Waals surface area contributed by atoms with Gasteiger partial charge in [-0.2, -0.15) is 0 Å². The number of ether oxygens (including phenoxy) is 4. The van der Waals surface area contributed by atoms with Crippen molar-refractivity contribution in [2.45, 2.75) is 105 Å². The van der Waals surface area contributed by atoms with Crippen molar-refractivity contribution in [3.8, 4) is 45.8 Å². The second-order valence-electron chi connectivity index (χ2n) is 18.7. The van der Waals surface area contributed by atoms with Crippen molar-refractivity contribution >= 4 is 11.4 Å². The number of hydrazine groups is 1. The van der Waals surface area contributed by atoms with Crippen molar-refractivity contribution in [2.24, 2.45) is 5.92 Å². The van der Waals surface area contributed by atoms with Crippen molar-refractivity contribution < 1.29 is 18.9 Å². The second-order valence-corrected chi connectivity index (χ2v) is 18.7. The van der Waals surface area contributed by atoms with E-state index in [1.54, 1.807) is 0 Å². The zero-order valence-electron chi connectivity index (χ0n) is 41.5. The normalized spacial score (nSPS) is 15.0. The first kappa shape index (κ1) is 49.2. The standard InChI is InChI=1S/C57H72N8O4/c1-6-9-16-33-68-52-23-21-44(34-54(52)66-7-2)40-62-29-25-48(26-30-62)64(50-36-58-56(59-37-50)46-17-12-10-13-18-46)65(51-38-60-57(61-39-51)47-19-14-11-15-20-47)49-27-31-63(32-28-49)41-45-22-24-53(69-42-43(4)5)55(35-45)67-8-3/h10-15,17-24,34-39,43,48-49H,6-9,16,25-33,40-42H2,1-5H3. The minimum Gasteiger partial charge on any atom is -0.490 e. The highest BCUT2D eigenvalue weighted by molar-refractivity contribution is 5.62. The first-order chi connectivity index (χ1) is 33.9. The van der Waals surface area contributed by atoms with Crippen LogP contribution in [0, 0.1) is 5.92 Å². The quantitative estimate of drug-likeness (QED) is 0.0451. The smallest absolute Gasteiger partial charge is 0.161 e. The Hall–Kier alpha value is -6.24. The number of benzene rings is 4. The van der Waals surface area contributed by atoms with Crippen molar-refractivity contribution in [2.75, 3.05) is 62.6 Å². The molecule has 0 spiro atoms. The van der Waals surface area contributed by atoms with Crippen LogP contribution >= 0.6 is 0 Å². The van der Waals surface area contributed by atoms with E-state index < -0.39 is 0 Å². The summed E-state index contributed by atoms with van der Waals surface area (Å²) in [5, 5.41) is 4.99. The Bertz CT molecular complexity index is 2440. The highest BCUT2D eigenvalue weighted by atomic mass is 16.5. The van der Waals surface area contributed by atoms with Gasteiger partial charge < -0.3 is 18.9 Å². The minimum absolute atomic E-state index is 0.171. The molecule has 0 unspecified atom stereocenters. The fourth-order valence-electron chi connectivity index (χ4n) is 9.40. The molecule has 69 heavy (non-hydrogen) atoms. The highest BCUT2D eigenvalue weighted by Crippen LogP contribution is 2.36. The van der Waals surface area contributed by atoms with Crippen LogP contribution in [0.1, 0.15) is 90.7 Å². The molecule has 2 fully saturated rings. The maximum absolute atomic E-state index is 6.17. The monoisotopic (exact) mass is 933 g/mol. The van der Waals surface area contributed by atoms with E-state index >= 15 is 0 Å². The third-order valence-electron chi connectivity index (χ3n) is 12.9. The van der Waals surface area contributed by atoms with Gasteiger partial charge in [0.05, 0.1) is 74.7 Å². The number of hydrogen-bond donors (Lipinski definition) is 0. The largest absolute Gasteiger partial charge is 0.490 e. The number of piperidine rings is 2. The van der Waals surface area contributed by atoms with Crippen LogP contribution in [-0.2, 0) is 13.1 Å². The average molecular weight is 933 g/mol. The van der Waals surface area contributed by atoms with Gasteiger partial charge in [0.2, 0.25) is 0 Å². The Kier molecular flexibility index (Phi) is 17.7. The Labute approximate surface area is 410 Å². The molecule has 0 amide bonds. The van der Waals surface area contributed by atoms with Crippen LogP contribution in [0.5, 0.6) is 23.0 Å². The Balaban J connectivity index is 1.06. The van der Waals surface area contributed by atoms with E-state index in [1.165, 1.54) is 17.5 Å². The lowest BCUT2D eigenvalue weighted by Crippen LogP contribution is -2.59. The number of anilines is 2. The molecular weight excluding hydrogens is 861 g/mol. The Morgan fingerprint density at radius 1 is 0.522 bits per heavy atom. The summed E-state index contributed by atoms with van der Waals surface area (Å²) in [5.74, 6) is 5.13. The molecule has 0 atom stereocenters. The molecule has 12 heteroatoms. The summed E-state index contributed by atoms with van der Waals surface area (Å²) in [6.07, 6.45) is 15.2. The van der Waals surface area contributed by atoms with Crippen LogP contribution in [-0.4, -0.2) is 94.4 Å². The number of nitrogens with zero attached hydrogens (tertiary/aromatic N) is 8. The van der Waals surface area contributed by atoms with Crippen molar-refractivity contribution in [1.82, 2.24) is 29.7 Å². The summed E-state index contributed by atoms with van der Waals surface area (Å²) < 4.78 is 24.5. The van der Waals surface area contributed by atoms with Gasteiger partial charge >= 0.3 is 0 Å². The fourth-order valence-corrected chi connectivity index (χ4v) is 9.40. The van der Waals surface area contributed by atoms with Crippen LogP contribution in [0.25, 0.3) is 22.8 Å². The molecular formula is C57H72N8O4. The Morgan fingerprint density at radius 2 is 0.957 bits per heavy atom. The van der Waals surface area contributed by atoms with Gasteiger partial charge in [-0.1, -0.05) is 106 Å². The summed E-state index contributed by atoms with van der Waals surface area (Å²) in [5.41, 5.74) is 6.36. The molecule has 12 nitrogen and oxygen atoms in total. The van der Waals surface area contributed by atoms with Crippen molar-refractivity contribution in [3.63, 3.8) is 0 Å². The number of hydrogen-bond acceptors (Lipinski definition) is 12. The van der Waals surface area contributed by atoms with Gasteiger partial charge in [0.15, 0.2) is 34.6 Å². The minimum atomic E-state index is 0.171. The van der Waals surface area contributed by atoms with Gasteiger partial charge in [0.25, 0.3) is 0 Å². The van der Waals surface area contributed by atoms with Gasteiger partial charge in [0, 0.05) is 50.4 Å². The van der Waals surface area contributed by atoms with E-state index in [0.717, 1.165) is 123 Å². The summed E-state index contributed by atoms with van der Waals surface area (Å²) in [6.45, 7) is 18.6. The molecule has 0 N–H and O–H groups in total. The number of likely N-dealkylation sites (tertiary alicyclic amines) is 2. The van der Waals surface area contributed by atoms with Crippen molar-refractivity contribution in [1.29, 1.82) is 0 Å². The SMILES string of the molecule is CCCCCOc1ccc(CN2CCC(N(c3cnc(-c4ccccc4)nc3)N(c3cnc(-c4ccccc4)nc3)C3CCN(Cc4ccc(OCC(C)C)c(OCC)c4)CC3)CC2)cc1OCC. The number of unbranched alkanes of at least 4 members (excludes halogenated alkanes) is 2. The maximum Gasteiger partial charge on any atom is 0.161 e. The predicted octanol–water partition coefficient (Wildman–Crippen LogP) is 11.6. The molecule has 2 aliphatic rings. The van der Waals surface area contributed by atoms with Crippen LogP contribution in [0.15, 0.2) is 122 Å². The first-order valence-electron chi connectivity index (χ1n) is 25.4. The zero-order valence-corrected chi connectivity index (χ0v) is 41.5. The predicted molar refractivity (Wildman–Crippen MR) is 277 cm³/mol. The summed E-state index contributed by atoms with van der Waals surface area (Å²) in [6, 6.07) is 33.6. The summed E-state index contributed by atoms with van der Waals surface area (Å²) in [4.78, 5) is 25.1. The lowest BCUT2D eigenvalue weighted by atomic mass is 10.00. The molecule has 364 valence electrons. The van der Waals surface area contributed by atoms with Crippen molar-refractivity contribution in [3.05, 3.63) is 133 Å². The van der Waals surface area contributed by atoms with Crippen LogP contribution < -0.4 is 29.0 Å². The second kappa shape index (κ2) is 24.9.